The number of nitrogens with zero attached hydrogens (tertiary/aromatic N) is 5. The van der Waals surface area contributed by atoms with Gasteiger partial charge in [0, 0.05) is 14.1 Å². The van der Waals surface area contributed by atoms with Crippen molar-refractivity contribution < 1.29 is 19.7 Å². The van der Waals surface area contributed by atoms with Crippen LogP contribution in [0.4, 0.5) is 5.82 Å². The Labute approximate surface area is 138 Å². The maximum absolute atomic E-state index is 10.4. The fraction of sp³-hybridized carbons (Fsp3) is 0.667. The number of rotatable bonds is 5. The Hall–Kier alpha value is -1.81. The zero-order valence-electron chi connectivity index (χ0n) is 13.6. The van der Waals surface area contributed by atoms with Crippen LogP contribution in [-0.2, 0) is 9.47 Å². The molecule has 1 saturated heterocycles. The molecule has 130 valence electrons. The summed E-state index contributed by atoms with van der Waals surface area (Å²) in [5.74, 6) is 0.704. The van der Waals surface area contributed by atoms with E-state index in [2.05, 4.69) is 15.0 Å². The Morgan fingerprint density at radius 1 is 1.33 bits per heavy atom. The van der Waals surface area contributed by atoms with Crippen molar-refractivity contribution >= 4 is 17.0 Å². The summed E-state index contributed by atoms with van der Waals surface area (Å²) in [5.41, 5.74) is 1.26. The van der Waals surface area contributed by atoms with Crippen LogP contribution in [0.25, 0.3) is 11.2 Å². The van der Waals surface area contributed by atoms with Gasteiger partial charge in [0.1, 0.15) is 24.6 Å². The predicted molar refractivity (Wildman–Crippen MR) is 84.5 cm³/mol. The SMILES string of the molecule is CN(C)c1ncnc2c1ncn2[C@@H]1O[C@H](CO)C(O)C1OC1CC1. The van der Waals surface area contributed by atoms with Gasteiger partial charge in [-0.1, -0.05) is 0 Å². The highest BCUT2D eigenvalue weighted by molar-refractivity contribution is 5.83. The fourth-order valence-electron chi connectivity index (χ4n) is 3.02. The third kappa shape index (κ3) is 2.53. The maximum Gasteiger partial charge on any atom is 0.167 e. The minimum Gasteiger partial charge on any atom is -0.394 e. The van der Waals surface area contributed by atoms with Crippen LogP contribution in [0.15, 0.2) is 12.7 Å². The van der Waals surface area contributed by atoms with Crippen molar-refractivity contribution in [2.45, 2.75) is 43.5 Å². The zero-order chi connectivity index (χ0) is 16.8. The van der Waals surface area contributed by atoms with Gasteiger partial charge in [-0.15, -0.1) is 0 Å². The van der Waals surface area contributed by atoms with Crippen molar-refractivity contribution in [2.75, 3.05) is 25.6 Å². The molecular weight excluding hydrogens is 314 g/mol. The number of hydrogen-bond acceptors (Lipinski definition) is 8. The second kappa shape index (κ2) is 5.92. The van der Waals surface area contributed by atoms with E-state index < -0.39 is 24.5 Å². The number of anilines is 1. The molecule has 0 radical (unpaired) electrons. The first-order valence-electron chi connectivity index (χ1n) is 8.05. The van der Waals surface area contributed by atoms with E-state index in [0.717, 1.165) is 12.8 Å². The molecule has 2 aromatic rings. The summed E-state index contributed by atoms with van der Waals surface area (Å²) in [5, 5.41) is 19.9. The first kappa shape index (κ1) is 15.7. The highest BCUT2D eigenvalue weighted by atomic mass is 16.6. The van der Waals surface area contributed by atoms with E-state index in [1.165, 1.54) is 6.33 Å². The molecule has 9 heteroatoms. The van der Waals surface area contributed by atoms with Crippen molar-refractivity contribution in [3.63, 3.8) is 0 Å². The first-order chi connectivity index (χ1) is 11.6. The normalized spacial score (nSPS) is 30.2. The van der Waals surface area contributed by atoms with Gasteiger partial charge in [0.25, 0.3) is 0 Å². The monoisotopic (exact) mass is 335 g/mol. The van der Waals surface area contributed by atoms with Crippen molar-refractivity contribution in [1.29, 1.82) is 0 Å². The average molecular weight is 335 g/mol. The number of aliphatic hydroxyl groups excluding tert-OH is 2. The number of hydrogen-bond donors (Lipinski definition) is 2. The van der Waals surface area contributed by atoms with Crippen LogP contribution in [0.1, 0.15) is 19.1 Å². The van der Waals surface area contributed by atoms with Crippen molar-refractivity contribution in [1.82, 2.24) is 19.5 Å². The summed E-state index contributed by atoms with van der Waals surface area (Å²) < 4.78 is 13.5. The Kier molecular flexibility index (Phi) is 3.87. The van der Waals surface area contributed by atoms with Gasteiger partial charge in [0.05, 0.1) is 19.0 Å². The average Bonchev–Trinajstić information content (AvgIpc) is 3.21. The van der Waals surface area contributed by atoms with Gasteiger partial charge >= 0.3 is 0 Å². The Bertz CT molecular complexity index is 732. The van der Waals surface area contributed by atoms with Gasteiger partial charge in [-0.25, -0.2) is 15.0 Å². The number of aliphatic hydroxyl groups is 2. The Morgan fingerprint density at radius 2 is 2.12 bits per heavy atom. The van der Waals surface area contributed by atoms with Crippen molar-refractivity contribution in [3.05, 3.63) is 12.7 Å². The van der Waals surface area contributed by atoms with Gasteiger partial charge in [0.15, 0.2) is 23.2 Å². The summed E-state index contributed by atoms with van der Waals surface area (Å²) in [4.78, 5) is 14.8. The van der Waals surface area contributed by atoms with Gasteiger partial charge in [-0.05, 0) is 12.8 Å². The summed E-state index contributed by atoms with van der Waals surface area (Å²) >= 11 is 0. The van der Waals surface area contributed by atoms with Crippen LogP contribution in [0.5, 0.6) is 0 Å². The maximum atomic E-state index is 10.4. The number of fused-ring (bicyclic) bond motifs is 1. The van der Waals surface area contributed by atoms with Gasteiger partial charge in [-0.3, -0.25) is 4.57 Å². The lowest BCUT2D eigenvalue weighted by Crippen LogP contribution is -2.36. The van der Waals surface area contributed by atoms with E-state index in [4.69, 9.17) is 9.47 Å². The third-order valence-corrected chi connectivity index (χ3v) is 4.40. The first-order valence-corrected chi connectivity index (χ1v) is 8.05. The lowest BCUT2D eigenvalue weighted by Gasteiger charge is -2.22. The molecule has 24 heavy (non-hydrogen) atoms. The summed E-state index contributed by atoms with van der Waals surface area (Å²) in [6.45, 7) is -0.271. The van der Waals surface area contributed by atoms with Gasteiger partial charge < -0.3 is 24.6 Å². The molecule has 1 saturated carbocycles. The Balaban J connectivity index is 1.73. The highest BCUT2D eigenvalue weighted by Gasteiger charge is 2.48. The molecule has 4 atom stereocenters. The topological polar surface area (TPSA) is 106 Å². The second-order valence-electron chi connectivity index (χ2n) is 6.45. The van der Waals surface area contributed by atoms with Gasteiger partial charge in [0.2, 0.25) is 0 Å². The van der Waals surface area contributed by atoms with Crippen molar-refractivity contribution in [2.24, 2.45) is 0 Å². The van der Waals surface area contributed by atoms with Crippen LogP contribution >= 0.6 is 0 Å². The van der Waals surface area contributed by atoms with Crippen LogP contribution in [0, 0.1) is 0 Å². The number of ether oxygens (including phenoxy) is 2. The van der Waals surface area contributed by atoms with Crippen LogP contribution in [0.2, 0.25) is 0 Å². The third-order valence-electron chi connectivity index (χ3n) is 4.40. The lowest BCUT2D eigenvalue weighted by atomic mass is 10.1. The molecule has 2 unspecified atom stereocenters. The highest BCUT2D eigenvalue weighted by Crippen LogP contribution is 2.38. The molecule has 3 heterocycles. The quantitative estimate of drug-likeness (QED) is 0.766. The molecule has 2 aliphatic rings. The molecule has 4 rings (SSSR count). The molecule has 0 spiro atoms. The molecular formula is C15H21N5O4. The molecule has 2 fully saturated rings. The molecule has 1 aliphatic heterocycles. The lowest BCUT2D eigenvalue weighted by molar-refractivity contribution is -0.0761. The Morgan fingerprint density at radius 3 is 2.79 bits per heavy atom. The molecule has 9 nitrogen and oxygen atoms in total. The molecule has 0 aromatic carbocycles. The standard InChI is InChI=1S/C15H21N5O4/c1-19(2)13-10-14(17-6-16-13)20(7-18-10)15-12(23-8-3-4-8)11(22)9(5-21)24-15/h6-9,11-12,15,21-22H,3-5H2,1-2H3/t9-,11?,12?,15-/m1/s1. The molecule has 2 aromatic heterocycles. The smallest absolute Gasteiger partial charge is 0.167 e. The summed E-state index contributed by atoms with van der Waals surface area (Å²) in [6.07, 6.45) is 2.47. The van der Waals surface area contributed by atoms with E-state index in [0.29, 0.717) is 17.0 Å². The minimum atomic E-state index is -0.895. The summed E-state index contributed by atoms with van der Waals surface area (Å²) in [7, 11) is 3.77. The zero-order valence-corrected chi connectivity index (χ0v) is 13.6. The van der Waals surface area contributed by atoms with E-state index in [1.54, 1.807) is 10.9 Å². The number of aromatic nitrogens is 4. The van der Waals surface area contributed by atoms with Gasteiger partial charge in [-0.2, -0.15) is 0 Å². The van der Waals surface area contributed by atoms with E-state index in [9.17, 15) is 10.2 Å². The van der Waals surface area contributed by atoms with Crippen molar-refractivity contribution in [3.8, 4) is 0 Å². The minimum absolute atomic E-state index is 0.148. The van der Waals surface area contributed by atoms with Crippen LogP contribution < -0.4 is 4.90 Å². The summed E-state index contributed by atoms with van der Waals surface area (Å²) in [6, 6.07) is 0. The van der Waals surface area contributed by atoms with E-state index >= 15 is 0 Å². The second-order valence-corrected chi connectivity index (χ2v) is 6.45. The van der Waals surface area contributed by atoms with Crippen LogP contribution in [-0.4, -0.2) is 74.9 Å². The molecule has 0 amide bonds. The van der Waals surface area contributed by atoms with Crippen LogP contribution in [0.3, 0.4) is 0 Å². The predicted octanol–water partition coefficient (Wildman–Crippen LogP) is -0.310. The fourth-order valence-corrected chi connectivity index (χ4v) is 3.02. The molecule has 2 N–H and O–H groups in total. The van der Waals surface area contributed by atoms with E-state index in [1.807, 2.05) is 19.0 Å². The number of imidazole rings is 1. The van der Waals surface area contributed by atoms with E-state index in [-0.39, 0.29) is 12.7 Å². The molecule has 1 aliphatic carbocycles. The largest absolute Gasteiger partial charge is 0.394 e. The molecule has 0 bridgehead atoms.